The van der Waals surface area contributed by atoms with E-state index in [1.807, 2.05) is 24.3 Å². The molecular formula is C9H5BrClNO. The van der Waals surface area contributed by atoms with E-state index in [1.54, 1.807) is 0 Å². The van der Waals surface area contributed by atoms with E-state index < -0.39 is 0 Å². The van der Waals surface area contributed by atoms with Gasteiger partial charge in [-0.15, -0.1) is 0 Å². The number of aromatic nitrogens is 1. The predicted molar refractivity (Wildman–Crippen MR) is 54.6 cm³/mol. The molecule has 4 heteroatoms. The average Bonchev–Trinajstić information content (AvgIpc) is 2.52. The van der Waals surface area contributed by atoms with Gasteiger partial charge in [-0.05, 0) is 23.7 Å². The topological polar surface area (TPSA) is 26.0 Å². The summed E-state index contributed by atoms with van der Waals surface area (Å²) >= 11 is 8.94. The summed E-state index contributed by atoms with van der Waals surface area (Å²) in [6.07, 6.45) is 1.53. The molecule has 0 radical (unpaired) electrons. The normalized spacial score (nSPS) is 10.3. The fourth-order valence-electron chi connectivity index (χ4n) is 1.03. The summed E-state index contributed by atoms with van der Waals surface area (Å²) in [6.45, 7) is 0. The van der Waals surface area contributed by atoms with Gasteiger partial charge in [-0.1, -0.05) is 28.1 Å². The highest BCUT2D eigenvalue weighted by Gasteiger charge is 2.03. The van der Waals surface area contributed by atoms with Crippen molar-refractivity contribution < 1.29 is 4.42 Å². The Morgan fingerprint density at radius 1 is 1.38 bits per heavy atom. The quantitative estimate of drug-likeness (QED) is 0.778. The second-order valence-corrected chi connectivity index (χ2v) is 3.74. The Morgan fingerprint density at radius 3 is 2.85 bits per heavy atom. The zero-order valence-corrected chi connectivity index (χ0v) is 8.84. The van der Waals surface area contributed by atoms with Gasteiger partial charge in [-0.25, -0.2) is 0 Å². The van der Waals surface area contributed by atoms with Crippen molar-refractivity contribution in [3.8, 4) is 11.3 Å². The Kier molecular flexibility index (Phi) is 2.38. The first-order chi connectivity index (χ1) is 6.25. The van der Waals surface area contributed by atoms with Gasteiger partial charge in [-0.2, -0.15) is 4.98 Å². The molecule has 0 N–H and O–H groups in total. The molecule has 1 heterocycles. The summed E-state index contributed by atoms with van der Waals surface area (Å²) in [5.74, 6) is 0. The van der Waals surface area contributed by atoms with Crippen LogP contribution in [-0.4, -0.2) is 4.98 Å². The molecule has 0 saturated heterocycles. The van der Waals surface area contributed by atoms with Gasteiger partial charge in [0.05, 0.1) is 0 Å². The lowest BCUT2D eigenvalue weighted by Gasteiger charge is -1.94. The SMILES string of the molecule is Clc1nc(-c2cccc(Br)c2)co1. The van der Waals surface area contributed by atoms with Crippen molar-refractivity contribution in [1.82, 2.24) is 4.98 Å². The van der Waals surface area contributed by atoms with Gasteiger partial charge in [0.15, 0.2) is 0 Å². The van der Waals surface area contributed by atoms with Crippen LogP contribution in [0.3, 0.4) is 0 Å². The maximum Gasteiger partial charge on any atom is 0.292 e. The largest absolute Gasteiger partial charge is 0.436 e. The average molecular weight is 259 g/mol. The molecular weight excluding hydrogens is 253 g/mol. The molecule has 0 unspecified atom stereocenters. The number of oxazole rings is 1. The summed E-state index contributed by atoms with van der Waals surface area (Å²) in [6, 6.07) is 7.78. The van der Waals surface area contributed by atoms with Crippen LogP contribution >= 0.6 is 27.5 Å². The molecule has 0 aliphatic rings. The zero-order valence-electron chi connectivity index (χ0n) is 6.50. The Bertz CT molecular complexity index is 427. The second kappa shape index (κ2) is 3.52. The van der Waals surface area contributed by atoms with Crippen LogP contribution in [0.4, 0.5) is 0 Å². The molecule has 0 fully saturated rings. The number of halogens is 2. The zero-order chi connectivity index (χ0) is 9.26. The highest BCUT2D eigenvalue weighted by Crippen LogP contribution is 2.23. The first-order valence-electron chi connectivity index (χ1n) is 3.63. The molecule has 2 nitrogen and oxygen atoms in total. The molecule has 0 amide bonds. The maximum absolute atomic E-state index is 5.56. The lowest BCUT2D eigenvalue weighted by molar-refractivity contribution is 0.560. The van der Waals surface area contributed by atoms with E-state index in [-0.39, 0.29) is 5.35 Å². The van der Waals surface area contributed by atoms with Gasteiger partial charge in [0.1, 0.15) is 12.0 Å². The number of rotatable bonds is 1. The van der Waals surface area contributed by atoms with E-state index in [4.69, 9.17) is 16.0 Å². The molecule has 0 aliphatic heterocycles. The number of hydrogen-bond donors (Lipinski definition) is 0. The van der Waals surface area contributed by atoms with E-state index in [0.29, 0.717) is 0 Å². The monoisotopic (exact) mass is 257 g/mol. The molecule has 0 saturated carbocycles. The van der Waals surface area contributed by atoms with Gasteiger partial charge in [0.25, 0.3) is 5.35 Å². The first-order valence-corrected chi connectivity index (χ1v) is 4.80. The van der Waals surface area contributed by atoms with E-state index in [9.17, 15) is 0 Å². The third kappa shape index (κ3) is 1.92. The smallest absolute Gasteiger partial charge is 0.292 e. The van der Waals surface area contributed by atoms with Gasteiger partial charge < -0.3 is 4.42 Å². The predicted octanol–water partition coefficient (Wildman–Crippen LogP) is 3.76. The van der Waals surface area contributed by atoms with Gasteiger partial charge in [0.2, 0.25) is 0 Å². The summed E-state index contributed by atoms with van der Waals surface area (Å²) in [7, 11) is 0. The minimum Gasteiger partial charge on any atom is -0.436 e. The van der Waals surface area contributed by atoms with E-state index in [1.165, 1.54) is 6.26 Å². The van der Waals surface area contributed by atoms with Gasteiger partial charge in [-0.3, -0.25) is 0 Å². The molecule has 0 bridgehead atoms. The number of nitrogens with zero attached hydrogens (tertiary/aromatic N) is 1. The molecule has 2 aromatic rings. The molecule has 2 rings (SSSR count). The van der Waals surface area contributed by atoms with E-state index >= 15 is 0 Å². The van der Waals surface area contributed by atoms with Crippen molar-refractivity contribution in [1.29, 1.82) is 0 Å². The third-order valence-corrected chi connectivity index (χ3v) is 2.26. The van der Waals surface area contributed by atoms with E-state index in [2.05, 4.69) is 20.9 Å². The van der Waals surface area contributed by atoms with Crippen molar-refractivity contribution >= 4 is 27.5 Å². The summed E-state index contributed by atoms with van der Waals surface area (Å²) in [4.78, 5) is 4.00. The van der Waals surface area contributed by atoms with Crippen LogP contribution in [0.2, 0.25) is 5.35 Å². The summed E-state index contributed by atoms with van der Waals surface area (Å²) in [5, 5.41) is 0.162. The minimum absolute atomic E-state index is 0.162. The molecule has 0 atom stereocenters. The van der Waals surface area contributed by atoms with Crippen LogP contribution in [0.15, 0.2) is 39.4 Å². The third-order valence-electron chi connectivity index (χ3n) is 1.60. The Morgan fingerprint density at radius 2 is 2.23 bits per heavy atom. The van der Waals surface area contributed by atoms with Gasteiger partial charge in [0, 0.05) is 10.0 Å². The van der Waals surface area contributed by atoms with Crippen LogP contribution < -0.4 is 0 Å². The van der Waals surface area contributed by atoms with Crippen LogP contribution in [0, 0.1) is 0 Å². The fraction of sp³-hybridized carbons (Fsp3) is 0. The first kappa shape index (κ1) is 8.78. The van der Waals surface area contributed by atoms with Crippen LogP contribution in [0.5, 0.6) is 0 Å². The Balaban J connectivity index is 2.46. The second-order valence-electron chi connectivity index (χ2n) is 2.50. The number of benzene rings is 1. The molecule has 13 heavy (non-hydrogen) atoms. The summed E-state index contributed by atoms with van der Waals surface area (Å²) < 4.78 is 5.90. The van der Waals surface area contributed by atoms with Crippen molar-refractivity contribution in [3.05, 3.63) is 40.4 Å². The van der Waals surface area contributed by atoms with Crippen molar-refractivity contribution in [2.45, 2.75) is 0 Å². The molecule has 0 spiro atoms. The summed E-state index contributed by atoms with van der Waals surface area (Å²) in [5.41, 5.74) is 1.72. The Hall–Kier alpha value is -0.800. The fourth-order valence-corrected chi connectivity index (χ4v) is 1.57. The molecule has 0 aliphatic carbocycles. The van der Waals surface area contributed by atoms with Crippen LogP contribution in [-0.2, 0) is 0 Å². The van der Waals surface area contributed by atoms with Crippen LogP contribution in [0.25, 0.3) is 11.3 Å². The maximum atomic E-state index is 5.56. The van der Waals surface area contributed by atoms with Crippen molar-refractivity contribution in [2.24, 2.45) is 0 Å². The van der Waals surface area contributed by atoms with Crippen molar-refractivity contribution in [2.75, 3.05) is 0 Å². The van der Waals surface area contributed by atoms with Crippen LogP contribution in [0.1, 0.15) is 0 Å². The molecule has 1 aromatic carbocycles. The number of hydrogen-bond acceptors (Lipinski definition) is 2. The minimum atomic E-state index is 0.162. The lowest BCUT2D eigenvalue weighted by Crippen LogP contribution is -1.76. The van der Waals surface area contributed by atoms with Crippen molar-refractivity contribution in [3.63, 3.8) is 0 Å². The lowest BCUT2D eigenvalue weighted by atomic mass is 10.2. The molecule has 66 valence electrons. The standard InChI is InChI=1S/C9H5BrClNO/c10-7-3-1-2-6(4-7)8-5-13-9(11)12-8/h1-5H. The van der Waals surface area contributed by atoms with E-state index in [0.717, 1.165) is 15.7 Å². The highest BCUT2D eigenvalue weighted by molar-refractivity contribution is 9.10. The molecule has 1 aromatic heterocycles. The van der Waals surface area contributed by atoms with Gasteiger partial charge >= 0.3 is 0 Å². The Labute approximate surface area is 88.7 Å². The highest BCUT2D eigenvalue weighted by atomic mass is 79.9.